The number of nitrogens with zero attached hydrogens (tertiary/aromatic N) is 2. The van der Waals surface area contributed by atoms with Crippen LogP contribution in [0.4, 0.5) is 5.88 Å². The maximum Gasteiger partial charge on any atom is 0.338 e. The number of hydrogen-bond acceptors (Lipinski definition) is 8. The van der Waals surface area contributed by atoms with Crippen LogP contribution in [0.5, 0.6) is 0 Å². The molecule has 1 aliphatic heterocycles. The predicted molar refractivity (Wildman–Crippen MR) is 96.2 cm³/mol. The van der Waals surface area contributed by atoms with Gasteiger partial charge in [-0.2, -0.15) is 4.31 Å². The third-order valence-corrected chi connectivity index (χ3v) is 5.80. The van der Waals surface area contributed by atoms with E-state index in [0.717, 1.165) is 0 Å². The van der Waals surface area contributed by atoms with Crippen LogP contribution in [0.1, 0.15) is 16.1 Å². The summed E-state index contributed by atoms with van der Waals surface area (Å²) in [6.45, 7) is 2.27. The van der Waals surface area contributed by atoms with Crippen molar-refractivity contribution >= 4 is 27.8 Å². The predicted octanol–water partition coefficient (Wildman–Crippen LogP) is 0.799. The number of carbonyl (C=O) groups is 2. The fourth-order valence-electron chi connectivity index (χ4n) is 2.53. The molecular formula is C17H19N3O7S. The number of hydrogen-bond donors (Lipinski definition) is 1. The van der Waals surface area contributed by atoms with Crippen LogP contribution in [-0.4, -0.2) is 62.7 Å². The third-order valence-electron chi connectivity index (χ3n) is 3.90. The van der Waals surface area contributed by atoms with Crippen molar-refractivity contribution in [1.82, 2.24) is 9.46 Å². The normalized spacial score (nSPS) is 15.2. The van der Waals surface area contributed by atoms with Crippen molar-refractivity contribution in [3.05, 3.63) is 41.6 Å². The van der Waals surface area contributed by atoms with Gasteiger partial charge in [0.1, 0.15) is 0 Å². The SMILES string of the molecule is Cc1cc(NC(=O)COC(=O)c2cccc(S(=O)(=O)N3CCOCC3)c2)on1. The van der Waals surface area contributed by atoms with E-state index in [2.05, 4.69) is 10.5 Å². The number of ether oxygens (including phenoxy) is 2. The Kier molecular flexibility index (Phi) is 6.07. The molecule has 1 aliphatic rings. The summed E-state index contributed by atoms with van der Waals surface area (Å²) in [5.74, 6) is -1.29. The van der Waals surface area contributed by atoms with Gasteiger partial charge in [0.25, 0.3) is 5.91 Å². The number of carbonyl (C=O) groups excluding carboxylic acids is 2. The highest BCUT2D eigenvalue weighted by Crippen LogP contribution is 2.19. The lowest BCUT2D eigenvalue weighted by molar-refractivity contribution is -0.119. The maximum atomic E-state index is 12.7. The van der Waals surface area contributed by atoms with E-state index in [1.165, 1.54) is 34.6 Å². The Morgan fingerprint density at radius 1 is 1.25 bits per heavy atom. The summed E-state index contributed by atoms with van der Waals surface area (Å²) in [5, 5.41) is 6.01. The van der Waals surface area contributed by atoms with Crippen LogP contribution < -0.4 is 5.32 Å². The molecular weight excluding hydrogens is 390 g/mol. The number of nitrogens with one attached hydrogen (secondary N) is 1. The largest absolute Gasteiger partial charge is 0.452 e. The summed E-state index contributed by atoms with van der Waals surface area (Å²) < 4.78 is 41.6. The first kappa shape index (κ1) is 20.0. The molecule has 1 fully saturated rings. The summed E-state index contributed by atoms with van der Waals surface area (Å²) in [6.07, 6.45) is 0. The summed E-state index contributed by atoms with van der Waals surface area (Å²) in [5.41, 5.74) is 0.614. The minimum absolute atomic E-state index is 0.0227. The molecule has 0 saturated carbocycles. The molecule has 3 rings (SSSR count). The molecule has 1 aromatic carbocycles. The Bertz CT molecular complexity index is 965. The monoisotopic (exact) mass is 409 g/mol. The Morgan fingerprint density at radius 3 is 2.68 bits per heavy atom. The van der Waals surface area contributed by atoms with Gasteiger partial charge in [-0.25, -0.2) is 13.2 Å². The Hall–Kier alpha value is -2.76. The van der Waals surface area contributed by atoms with Gasteiger partial charge in [0, 0.05) is 19.2 Å². The first-order valence-electron chi connectivity index (χ1n) is 8.44. The number of esters is 1. The van der Waals surface area contributed by atoms with Crippen molar-refractivity contribution in [2.24, 2.45) is 0 Å². The van der Waals surface area contributed by atoms with E-state index in [-0.39, 0.29) is 29.4 Å². The van der Waals surface area contributed by atoms with Gasteiger partial charge < -0.3 is 14.0 Å². The smallest absolute Gasteiger partial charge is 0.338 e. The van der Waals surface area contributed by atoms with Crippen molar-refractivity contribution in [2.45, 2.75) is 11.8 Å². The zero-order chi connectivity index (χ0) is 20.1. The minimum Gasteiger partial charge on any atom is -0.452 e. The summed E-state index contributed by atoms with van der Waals surface area (Å²) in [7, 11) is -3.74. The quantitative estimate of drug-likeness (QED) is 0.694. The Labute approximate surface area is 161 Å². The molecule has 0 unspecified atom stereocenters. The molecule has 28 heavy (non-hydrogen) atoms. The lowest BCUT2D eigenvalue weighted by atomic mass is 10.2. The fraction of sp³-hybridized carbons (Fsp3) is 0.353. The Balaban J connectivity index is 1.62. The van der Waals surface area contributed by atoms with Crippen LogP contribution in [0.15, 0.2) is 39.8 Å². The highest BCUT2D eigenvalue weighted by Gasteiger charge is 2.27. The van der Waals surface area contributed by atoms with E-state index >= 15 is 0 Å². The number of rotatable bonds is 6. The molecule has 2 aromatic rings. The molecule has 1 amide bonds. The van der Waals surface area contributed by atoms with E-state index < -0.39 is 28.5 Å². The molecule has 0 spiro atoms. The summed E-state index contributed by atoms with van der Waals surface area (Å²) in [4.78, 5) is 24.0. The van der Waals surface area contributed by atoms with Crippen molar-refractivity contribution in [3.63, 3.8) is 0 Å². The van der Waals surface area contributed by atoms with Gasteiger partial charge in [0.15, 0.2) is 6.61 Å². The molecule has 0 aliphatic carbocycles. The zero-order valence-corrected chi connectivity index (χ0v) is 15.9. The summed E-state index contributed by atoms with van der Waals surface area (Å²) >= 11 is 0. The van der Waals surface area contributed by atoms with Gasteiger partial charge in [-0.1, -0.05) is 11.2 Å². The lowest BCUT2D eigenvalue weighted by Crippen LogP contribution is -2.40. The number of sulfonamides is 1. The fourth-order valence-corrected chi connectivity index (χ4v) is 3.98. The first-order chi connectivity index (χ1) is 13.4. The van der Waals surface area contributed by atoms with Crippen molar-refractivity contribution in [2.75, 3.05) is 38.2 Å². The molecule has 2 heterocycles. The van der Waals surface area contributed by atoms with Gasteiger partial charge in [-0.15, -0.1) is 0 Å². The third kappa shape index (κ3) is 4.74. The molecule has 1 N–H and O–H groups in total. The Morgan fingerprint density at radius 2 is 2.00 bits per heavy atom. The van der Waals surface area contributed by atoms with Gasteiger partial charge in [-0.3, -0.25) is 10.1 Å². The minimum atomic E-state index is -3.74. The number of benzene rings is 1. The molecule has 1 saturated heterocycles. The number of morpholine rings is 1. The second-order valence-corrected chi connectivity index (χ2v) is 7.94. The number of aryl methyl sites for hydroxylation is 1. The van der Waals surface area contributed by atoms with Gasteiger partial charge >= 0.3 is 5.97 Å². The van der Waals surface area contributed by atoms with Crippen LogP contribution in [0.25, 0.3) is 0 Å². The highest BCUT2D eigenvalue weighted by atomic mass is 32.2. The highest BCUT2D eigenvalue weighted by molar-refractivity contribution is 7.89. The second-order valence-electron chi connectivity index (χ2n) is 6.00. The van der Waals surface area contributed by atoms with E-state index in [9.17, 15) is 18.0 Å². The molecule has 10 nitrogen and oxygen atoms in total. The maximum absolute atomic E-state index is 12.7. The van der Waals surface area contributed by atoms with Crippen LogP contribution >= 0.6 is 0 Å². The van der Waals surface area contributed by atoms with Gasteiger partial charge in [0.05, 0.1) is 29.4 Å². The van der Waals surface area contributed by atoms with Gasteiger partial charge in [0.2, 0.25) is 15.9 Å². The van der Waals surface area contributed by atoms with Crippen LogP contribution in [0.3, 0.4) is 0 Å². The lowest BCUT2D eigenvalue weighted by Gasteiger charge is -2.26. The van der Waals surface area contributed by atoms with E-state index in [4.69, 9.17) is 14.0 Å². The summed E-state index contributed by atoms with van der Waals surface area (Å²) in [6, 6.07) is 7.00. The topological polar surface area (TPSA) is 128 Å². The number of aromatic nitrogens is 1. The molecule has 11 heteroatoms. The van der Waals surface area contributed by atoms with Crippen LogP contribution in [0, 0.1) is 6.92 Å². The second kappa shape index (κ2) is 8.50. The first-order valence-corrected chi connectivity index (χ1v) is 9.88. The number of anilines is 1. The van der Waals surface area contributed by atoms with Crippen molar-refractivity contribution < 1.29 is 32.0 Å². The average Bonchev–Trinajstić information content (AvgIpc) is 3.11. The van der Waals surface area contributed by atoms with E-state index in [1.807, 2.05) is 0 Å². The molecule has 150 valence electrons. The average molecular weight is 409 g/mol. The molecule has 0 radical (unpaired) electrons. The number of amides is 1. The van der Waals surface area contributed by atoms with Crippen molar-refractivity contribution in [3.8, 4) is 0 Å². The van der Waals surface area contributed by atoms with Crippen molar-refractivity contribution in [1.29, 1.82) is 0 Å². The van der Waals surface area contributed by atoms with E-state index in [1.54, 1.807) is 6.92 Å². The molecule has 0 bridgehead atoms. The zero-order valence-electron chi connectivity index (χ0n) is 15.1. The molecule has 0 atom stereocenters. The van der Waals surface area contributed by atoms with Crippen LogP contribution in [0.2, 0.25) is 0 Å². The van der Waals surface area contributed by atoms with Crippen LogP contribution in [-0.2, 0) is 24.3 Å². The standard InChI is InChI=1S/C17H19N3O7S/c1-12-9-16(27-19-12)18-15(21)11-26-17(22)13-3-2-4-14(10-13)28(23,24)20-5-7-25-8-6-20/h2-4,9-10H,5-8,11H2,1H3,(H,18,21). The molecule has 1 aromatic heterocycles. The van der Waals surface area contributed by atoms with E-state index in [0.29, 0.717) is 18.9 Å². The van der Waals surface area contributed by atoms with Gasteiger partial charge in [-0.05, 0) is 25.1 Å².